The second-order valence-corrected chi connectivity index (χ2v) is 7.10. The van der Waals surface area contributed by atoms with Gasteiger partial charge < -0.3 is 14.4 Å². The van der Waals surface area contributed by atoms with Gasteiger partial charge >= 0.3 is 0 Å². The highest BCUT2D eigenvalue weighted by Gasteiger charge is 2.22. The maximum Gasteiger partial charge on any atom is 0.227 e. The summed E-state index contributed by atoms with van der Waals surface area (Å²) in [7, 11) is 3.53. The number of morpholine rings is 1. The molecule has 1 fully saturated rings. The van der Waals surface area contributed by atoms with Gasteiger partial charge in [0.15, 0.2) is 10.9 Å². The summed E-state index contributed by atoms with van der Waals surface area (Å²) < 4.78 is 12.4. The lowest BCUT2D eigenvalue weighted by atomic mass is 10.1. The van der Waals surface area contributed by atoms with E-state index in [4.69, 9.17) is 9.47 Å². The highest BCUT2D eigenvalue weighted by molar-refractivity contribution is 8.00. The van der Waals surface area contributed by atoms with E-state index in [1.165, 1.54) is 11.8 Å². The van der Waals surface area contributed by atoms with Gasteiger partial charge in [-0.05, 0) is 31.2 Å². The number of nitrogens with zero attached hydrogens (tertiary/aromatic N) is 4. The van der Waals surface area contributed by atoms with Gasteiger partial charge in [0.25, 0.3) is 0 Å². The number of aromatic nitrogens is 3. The van der Waals surface area contributed by atoms with Crippen LogP contribution in [0.5, 0.6) is 5.75 Å². The molecule has 0 N–H and O–H groups in total. The average molecular weight is 362 g/mol. The van der Waals surface area contributed by atoms with Crippen molar-refractivity contribution in [1.29, 1.82) is 0 Å². The van der Waals surface area contributed by atoms with Crippen LogP contribution >= 0.6 is 11.8 Å². The van der Waals surface area contributed by atoms with Crippen molar-refractivity contribution in [3.63, 3.8) is 0 Å². The minimum Gasteiger partial charge on any atom is -0.497 e. The van der Waals surface area contributed by atoms with Crippen molar-refractivity contribution in [2.45, 2.75) is 17.3 Å². The summed E-state index contributed by atoms with van der Waals surface area (Å²) in [5.74, 6) is 1.61. The molecule has 2 aromatic rings. The van der Waals surface area contributed by atoms with Crippen molar-refractivity contribution in [3.05, 3.63) is 29.8 Å². The van der Waals surface area contributed by atoms with Gasteiger partial charge in [-0.25, -0.2) is 0 Å². The molecule has 7 nitrogen and oxygen atoms in total. The Balaban J connectivity index is 1.68. The molecule has 1 aliphatic rings. The Hall–Kier alpha value is -2.06. The zero-order valence-electron chi connectivity index (χ0n) is 14.6. The maximum atomic E-state index is 12.6. The maximum absolute atomic E-state index is 12.6. The Morgan fingerprint density at radius 2 is 1.92 bits per heavy atom. The summed E-state index contributed by atoms with van der Waals surface area (Å²) in [5.41, 5.74) is 0.663. The second-order valence-electron chi connectivity index (χ2n) is 5.79. The molecule has 1 unspecified atom stereocenters. The zero-order valence-corrected chi connectivity index (χ0v) is 15.5. The highest BCUT2D eigenvalue weighted by Crippen LogP contribution is 2.27. The number of hydrogen-bond acceptors (Lipinski definition) is 7. The molecule has 2 heterocycles. The predicted octanol–water partition coefficient (Wildman–Crippen LogP) is 2.02. The van der Waals surface area contributed by atoms with Gasteiger partial charge in [-0.2, -0.15) is 0 Å². The molecular weight excluding hydrogens is 340 g/mol. The molecule has 0 radical (unpaired) electrons. The molecule has 1 saturated heterocycles. The molecule has 1 atom stereocenters. The number of Topliss-reactive ketones (excluding diaryl/α,β-unsaturated/α-hetero) is 1. The van der Waals surface area contributed by atoms with Gasteiger partial charge in [-0.1, -0.05) is 11.8 Å². The summed E-state index contributed by atoms with van der Waals surface area (Å²) in [4.78, 5) is 14.8. The highest BCUT2D eigenvalue weighted by atomic mass is 32.2. The number of carbonyl (C=O) groups is 1. The number of ketones is 1. The largest absolute Gasteiger partial charge is 0.497 e. The van der Waals surface area contributed by atoms with Crippen molar-refractivity contribution >= 4 is 23.5 Å². The minimum absolute atomic E-state index is 0.0589. The third kappa shape index (κ3) is 3.96. The van der Waals surface area contributed by atoms with E-state index in [1.54, 1.807) is 31.4 Å². The van der Waals surface area contributed by atoms with Crippen LogP contribution in [0.4, 0.5) is 5.95 Å². The molecule has 1 aromatic heterocycles. The Morgan fingerprint density at radius 1 is 1.24 bits per heavy atom. The standard InChI is InChI=1S/C17H22N4O3S/c1-12(15(22)13-4-6-14(23-3)7-5-13)25-17-19-18-16(20(17)2)21-8-10-24-11-9-21/h4-7,12H,8-11H2,1-3H3. The second kappa shape index (κ2) is 7.88. The summed E-state index contributed by atoms with van der Waals surface area (Å²) in [6.07, 6.45) is 0. The van der Waals surface area contributed by atoms with Crippen molar-refractivity contribution in [2.75, 3.05) is 38.3 Å². The minimum atomic E-state index is -0.256. The number of anilines is 1. The lowest BCUT2D eigenvalue weighted by Crippen LogP contribution is -2.37. The molecule has 1 aliphatic heterocycles. The van der Waals surface area contributed by atoms with Gasteiger partial charge in [-0.15, -0.1) is 10.2 Å². The first kappa shape index (κ1) is 17.8. The smallest absolute Gasteiger partial charge is 0.227 e. The Morgan fingerprint density at radius 3 is 2.56 bits per heavy atom. The van der Waals surface area contributed by atoms with E-state index in [2.05, 4.69) is 15.1 Å². The van der Waals surface area contributed by atoms with Crippen LogP contribution in [0.15, 0.2) is 29.4 Å². The summed E-state index contributed by atoms with van der Waals surface area (Å²) in [6.45, 7) is 4.89. The van der Waals surface area contributed by atoms with E-state index in [1.807, 2.05) is 18.5 Å². The van der Waals surface area contributed by atoms with E-state index in [9.17, 15) is 4.79 Å². The number of benzene rings is 1. The fraction of sp³-hybridized carbons (Fsp3) is 0.471. The van der Waals surface area contributed by atoms with Crippen LogP contribution in [0.1, 0.15) is 17.3 Å². The lowest BCUT2D eigenvalue weighted by Gasteiger charge is -2.27. The molecule has 0 aliphatic carbocycles. The molecule has 0 amide bonds. The number of hydrogen-bond donors (Lipinski definition) is 0. The molecule has 25 heavy (non-hydrogen) atoms. The van der Waals surface area contributed by atoms with E-state index >= 15 is 0 Å². The number of methoxy groups -OCH3 is 1. The number of thioether (sulfide) groups is 1. The molecule has 8 heteroatoms. The molecular formula is C17H22N4O3S. The fourth-order valence-corrected chi connectivity index (χ4v) is 3.54. The van der Waals surface area contributed by atoms with E-state index < -0.39 is 0 Å². The van der Waals surface area contributed by atoms with Crippen molar-refractivity contribution in [2.24, 2.45) is 7.05 Å². The summed E-state index contributed by atoms with van der Waals surface area (Å²) in [6, 6.07) is 7.16. The van der Waals surface area contributed by atoms with Crippen molar-refractivity contribution in [1.82, 2.24) is 14.8 Å². The Bertz CT molecular complexity index is 726. The Kier molecular flexibility index (Phi) is 5.60. The van der Waals surface area contributed by atoms with Gasteiger partial charge in [0.2, 0.25) is 5.95 Å². The molecule has 0 bridgehead atoms. The number of carbonyl (C=O) groups excluding carboxylic acids is 1. The average Bonchev–Trinajstić information content (AvgIpc) is 3.02. The zero-order chi connectivity index (χ0) is 17.8. The monoisotopic (exact) mass is 362 g/mol. The number of rotatable bonds is 6. The topological polar surface area (TPSA) is 69.5 Å². The van der Waals surface area contributed by atoms with Gasteiger partial charge in [0.1, 0.15) is 5.75 Å². The lowest BCUT2D eigenvalue weighted by molar-refractivity contribution is 0.0994. The molecule has 134 valence electrons. The molecule has 3 rings (SSSR count). The van der Waals surface area contributed by atoms with E-state index in [-0.39, 0.29) is 11.0 Å². The quantitative estimate of drug-likeness (QED) is 0.575. The molecule has 0 spiro atoms. The molecule has 1 aromatic carbocycles. The van der Waals surface area contributed by atoms with E-state index in [0.717, 1.165) is 29.9 Å². The fourth-order valence-electron chi connectivity index (χ4n) is 2.65. The van der Waals surface area contributed by atoms with Crippen LogP contribution < -0.4 is 9.64 Å². The van der Waals surface area contributed by atoms with Crippen LogP contribution in [0.3, 0.4) is 0 Å². The predicted molar refractivity (Wildman–Crippen MR) is 96.7 cm³/mol. The van der Waals surface area contributed by atoms with Crippen molar-refractivity contribution in [3.8, 4) is 5.75 Å². The van der Waals surface area contributed by atoms with Crippen LogP contribution in [0, 0.1) is 0 Å². The summed E-state index contributed by atoms with van der Waals surface area (Å²) >= 11 is 1.42. The SMILES string of the molecule is COc1ccc(C(=O)C(C)Sc2nnc(N3CCOCC3)n2C)cc1. The first-order valence-electron chi connectivity index (χ1n) is 8.17. The summed E-state index contributed by atoms with van der Waals surface area (Å²) in [5, 5.41) is 9.01. The van der Waals surface area contributed by atoms with Crippen LogP contribution in [-0.2, 0) is 11.8 Å². The normalized spacial score (nSPS) is 15.9. The van der Waals surface area contributed by atoms with Gasteiger partial charge in [-0.3, -0.25) is 9.36 Å². The van der Waals surface area contributed by atoms with Crippen molar-refractivity contribution < 1.29 is 14.3 Å². The van der Waals surface area contributed by atoms with Gasteiger partial charge in [0, 0.05) is 25.7 Å². The van der Waals surface area contributed by atoms with Gasteiger partial charge in [0.05, 0.1) is 25.6 Å². The number of ether oxygens (including phenoxy) is 2. The van der Waals surface area contributed by atoms with E-state index in [0.29, 0.717) is 18.8 Å². The third-order valence-electron chi connectivity index (χ3n) is 4.13. The first-order valence-corrected chi connectivity index (χ1v) is 9.05. The molecule has 0 saturated carbocycles. The first-order chi connectivity index (χ1) is 12.1. The third-order valence-corrected chi connectivity index (χ3v) is 5.27. The Labute approximate surface area is 151 Å². The van der Waals surface area contributed by atoms with Crippen LogP contribution in [0.2, 0.25) is 0 Å². The van der Waals surface area contributed by atoms with Crippen LogP contribution in [-0.4, -0.2) is 59.2 Å². The van der Waals surface area contributed by atoms with Crippen LogP contribution in [0.25, 0.3) is 0 Å².